The van der Waals surface area contributed by atoms with E-state index in [1.165, 1.54) is 5.56 Å². The van der Waals surface area contributed by atoms with Gasteiger partial charge in [0.1, 0.15) is 0 Å². The maximum Gasteiger partial charge on any atom is 0.389 e. The van der Waals surface area contributed by atoms with Crippen molar-refractivity contribution in [2.24, 2.45) is 0 Å². The summed E-state index contributed by atoms with van der Waals surface area (Å²) in [7, 11) is 0. The lowest BCUT2D eigenvalue weighted by molar-refractivity contribution is -0.135. The van der Waals surface area contributed by atoms with Gasteiger partial charge in [0.05, 0.1) is 0 Å². The molecule has 0 bridgehead atoms. The zero-order valence-electron chi connectivity index (χ0n) is 10.5. The molecule has 1 saturated carbocycles. The third-order valence-electron chi connectivity index (χ3n) is 3.55. The summed E-state index contributed by atoms with van der Waals surface area (Å²) in [5.41, 5.74) is 1.26. The molecule has 0 unspecified atom stereocenters. The molecule has 0 amide bonds. The molecule has 1 nitrogen and oxygen atoms in total. The third kappa shape index (κ3) is 4.69. The van der Waals surface area contributed by atoms with Gasteiger partial charge in [0.2, 0.25) is 0 Å². The first-order chi connectivity index (χ1) is 8.94. The molecule has 5 heteroatoms. The normalized spacial score (nSPS) is 23.2. The topological polar surface area (TPSA) is 12.0 Å². The van der Waals surface area contributed by atoms with Crippen LogP contribution in [-0.4, -0.2) is 18.8 Å². The van der Waals surface area contributed by atoms with Crippen LogP contribution in [0.4, 0.5) is 13.2 Å². The first-order valence-electron chi connectivity index (χ1n) is 6.49. The second kappa shape index (κ2) is 6.14. The van der Waals surface area contributed by atoms with E-state index in [4.69, 9.17) is 11.6 Å². The molecule has 1 aliphatic rings. The van der Waals surface area contributed by atoms with Crippen molar-refractivity contribution in [2.75, 3.05) is 6.54 Å². The van der Waals surface area contributed by atoms with Gasteiger partial charge in [-0.2, -0.15) is 13.2 Å². The van der Waals surface area contributed by atoms with Crippen molar-refractivity contribution in [1.82, 2.24) is 5.32 Å². The van der Waals surface area contributed by atoms with Crippen LogP contribution in [-0.2, 0) is 0 Å². The Hall–Kier alpha value is -0.740. The lowest BCUT2D eigenvalue weighted by atomic mass is 9.76. The molecular formula is C14H17ClF3N. The second-order valence-corrected chi connectivity index (χ2v) is 5.53. The maximum atomic E-state index is 12.0. The second-order valence-electron chi connectivity index (χ2n) is 5.09. The molecule has 0 atom stereocenters. The minimum atomic E-state index is -4.03. The van der Waals surface area contributed by atoms with E-state index >= 15 is 0 Å². The van der Waals surface area contributed by atoms with E-state index < -0.39 is 12.6 Å². The van der Waals surface area contributed by atoms with Crippen LogP contribution < -0.4 is 5.32 Å². The molecule has 1 N–H and O–H groups in total. The average molecular weight is 292 g/mol. The standard InChI is InChI=1S/C14H17ClF3N/c15-12-4-2-10(3-5-12)11-8-13(9-11)19-7-1-6-14(16,17)18/h2-5,11,13,19H,1,6-9H2. The molecule has 0 saturated heterocycles. The Bertz CT molecular complexity index is 396. The minimum Gasteiger partial charge on any atom is -0.314 e. The van der Waals surface area contributed by atoms with Gasteiger partial charge in [0.15, 0.2) is 0 Å². The molecule has 0 spiro atoms. The summed E-state index contributed by atoms with van der Waals surface area (Å²) < 4.78 is 35.9. The van der Waals surface area contributed by atoms with Crippen molar-refractivity contribution in [3.8, 4) is 0 Å². The molecule has 0 aromatic heterocycles. The number of hydrogen-bond donors (Lipinski definition) is 1. The van der Waals surface area contributed by atoms with Crippen molar-refractivity contribution in [3.63, 3.8) is 0 Å². The Morgan fingerprint density at radius 2 is 1.79 bits per heavy atom. The van der Waals surface area contributed by atoms with Gasteiger partial charge in [0, 0.05) is 17.5 Å². The fraction of sp³-hybridized carbons (Fsp3) is 0.571. The highest BCUT2D eigenvalue weighted by molar-refractivity contribution is 6.30. The van der Waals surface area contributed by atoms with Crippen LogP contribution in [0.15, 0.2) is 24.3 Å². The van der Waals surface area contributed by atoms with Crippen molar-refractivity contribution in [1.29, 1.82) is 0 Å². The SMILES string of the molecule is FC(F)(F)CCCNC1CC(c2ccc(Cl)cc2)C1. The van der Waals surface area contributed by atoms with Gasteiger partial charge in [0.25, 0.3) is 0 Å². The van der Waals surface area contributed by atoms with Gasteiger partial charge in [-0.15, -0.1) is 0 Å². The minimum absolute atomic E-state index is 0.158. The monoisotopic (exact) mass is 291 g/mol. The molecule has 1 fully saturated rings. The van der Waals surface area contributed by atoms with Gasteiger partial charge < -0.3 is 5.32 Å². The molecule has 1 aromatic rings. The molecule has 0 aliphatic heterocycles. The summed E-state index contributed by atoms with van der Waals surface area (Å²) in [6.45, 7) is 0.442. The predicted molar refractivity (Wildman–Crippen MR) is 70.5 cm³/mol. The Balaban J connectivity index is 1.63. The molecule has 0 radical (unpaired) electrons. The largest absolute Gasteiger partial charge is 0.389 e. The molecule has 0 heterocycles. The average Bonchev–Trinajstić information content (AvgIpc) is 2.27. The molecule has 19 heavy (non-hydrogen) atoms. The van der Waals surface area contributed by atoms with Gasteiger partial charge in [-0.05, 0) is 49.4 Å². The summed E-state index contributed by atoms with van der Waals surface area (Å²) in [5, 5.41) is 3.90. The fourth-order valence-electron chi connectivity index (χ4n) is 2.39. The highest BCUT2D eigenvalue weighted by atomic mass is 35.5. The Kier molecular flexibility index (Phi) is 4.74. The van der Waals surface area contributed by atoms with Crippen molar-refractivity contribution in [3.05, 3.63) is 34.9 Å². The summed E-state index contributed by atoms with van der Waals surface area (Å²) >= 11 is 5.82. The van der Waals surface area contributed by atoms with Crippen LogP contribution in [0.3, 0.4) is 0 Å². The highest BCUT2D eigenvalue weighted by Gasteiger charge is 2.30. The lowest BCUT2D eigenvalue weighted by Gasteiger charge is -2.36. The highest BCUT2D eigenvalue weighted by Crippen LogP contribution is 2.37. The molecule has 1 aliphatic carbocycles. The van der Waals surface area contributed by atoms with Gasteiger partial charge in [-0.1, -0.05) is 23.7 Å². The fourth-order valence-corrected chi connectivity index (χ4v) is 2.51. The molecule has 1 aromatic carbocycles. The van der Waals surface area contributed by atoms with Crippen LogP contribution in [0, 0.1) is 0 Å². The molecule has 106 valence electrons. The number of rotatable bonds is 5. The van der Waals surface area contributed by atoms with E-state index in [9.17, 15) is 13.2 Å². The quantitative estimate of drug-likeness (QED) is 0.787. The van der Waals surface area contributed by atoms with E-state index in [1.54, 1.807) is 0 Å². The Morgan fingerprint density at radius 3 is 2.37 bits per heavy atom. The predicted octanol–water partition coefficient (Wildman–Crippen LogP) is 4.52. The van der Waals surface area contributed by atoms with Gasteiger partial charge in [-0.3, -0.25) is 0 Å². The Labute approximate surface area is 116 Å². The third-order valence-corrected chi connectivity index (χ3v) is 3.80. The van der Waals surface area contributed by atoms with Crippen molar-refractivity contribution in [2.45, 2.75) is 43.8 Å². The van der Waals surface area contributed by atoms with Gasteiger partial charge in [-0.25, -0.2) is 0 Å². The summed E-state index contributed by atoms with van der Waals surface area (Å²) in [6.07, 6.45) is -2.59. The maximum absolute atomic E-state index is 12.0. The first kappa shape index (κ1) is 14.7. The van der Waals surface area contributed by atoms with E-state index in [0.717, 1.165) is 17.9 Å². The summed E-state index contributed by atoms with van der Waals surface area (Å²) in [5.74, 6) is 0.511. The Morgan fingerprint density at radius 1 is 1.16 bits per heavy atom. The van der Waals surface area contributed by atoms with Crippen molar-refractivity contribution < 1.29 is 13.2 Å². The number of alkyl halides is 3. The van der Waals surface area contributed by atoms with Crippen LogP contribution >= 0.6 is 11.6 Å². The molecular weight excluding hydrogens is 275 g/mol. The van der Waals surface area contributed by atoms with Crippen molar-refractivity contribution >= 4 is 11.6 Å². The van der Waals surface area contributed by atoms with E-state index in [-0.39, 0.29) is 6.42 Å². The first-order valence-corrected chi connectivity index (χ1v) is 6.87. The van der Waals surface area contributed by atoms with E-state index in [1.807, 2.05) is 24.3 Å². The number of benzene rings is 1. The van der Waals surface area contributed by atoms with Crippen LogP contribution in [0.5, 0.6) is 0 Å². The van der Waals surface area contributed by atoms with E-state index in [0.29, 0.717) is 18.5 Å². The summed E-state index contributed by atoms with van der Waals surface area (Å²) in [4.78, 5) is 0. The zero-order chi connectivity index (χ0) is 13.9. The van der Waals surface area contributed by atoms with Crippen LogP contribution in [0.25, 0.3) is 0 Å². The summed E-state index contributed by atoms with van der Waals surface area (Å²) in [6, 6.07) is 8.15. The van der Waals surface area contributed by atoms with Crippen LogP contribution in [0.2, 0.25) is 5.02 Å². The van der Waals surface area contributed by atoms with E-state index in [2.05, 4.69) is 5.32 Å². The number of nitrogens with one attached hydrogen (secondary N) is 1. The zero-order valence-corrected chi connectivity index (χ0v) is 11.3. The lowest BCUT2D eigenvalue weighted by Crippen LogP contribution is -2.40. The number of halogens is 4. The van der Waals surface area contributed by atoms with Gasteiger partial charge >= 0.3 is 6.18 Å². The smallest absolute Gasteiger partial charge is 0.314 e. The van der Waals surface area contributed by atoms with Crippen LogP contribution in [0.1, 0.15) is 37.2 Å². The number of hydrogen-bond acceptors (Lipinski definition) is 1. The molecule has 2 rings (SSSR count).